The molecule has 6 aliphatic rings. The lowest BCUT2D eigenvalue weighted by atomic mass is 9.60. The normalized spacial score (nSPS) is 44.3. The highest BCUT2D eigenvalue weighted by molar-refractivity contribution is 5.54. The van der Waals surface area contributed by atoms with E-state index in [0.29, 0.717) is 16.7 Å². The molecule has 6 saturated heterocycles. The summed E-state index contributed by atoms with van der Waals surface area (Å²) in [6, 6.07) is 26.8. The largest absolute Gasteiger partial charge is 0.394 e. The van der Waals surface area contributed by atoms with Crippen LogP contribution in [0.5, 0.6) is 0 Å². The van der Waals surface area contributed by atoms with E-state index in [4.69, 9.17) is 42.6 Å². The minimum atomic E-state index is -2.43. The van der Waals surface area contributed by atoms with E-state index in [1.54, 1.807) is 91.0 Å². The lowest BCUT2D eigenvalue weighted by Crippen LogP contribution is -2.75. The van der Waals surface area contributed by atoms with Gasteiger partial charge < -0.3 is 93.7 Å². The van der Waals surface area contributed by atoms with Gasteiger partial charge in [0.1, 0.15) is 103 Å². The van der Waals surface area contributed by atoms with Gasteiger partial charge in [-0.15, -0.1) is 0 Å². The molecule has 0 spiro atoms. The molecule has 6 aliphatic heterocycles. The summed E-state index contributed by atoms with van der Waals surface area (Å²) >= 11 is 0. The van der Waals surface area contributed by atoms with Gasteiger partial charge in [0.2, 0.25) is 5.79 Å². The number of benzene rings is 3. The van der Waals surface area contributed by atoms with Gasteiger partial charge in [0.05, 0.1) is 26.4 Å². The number of fused-ring (bicyclic) bond motifs is 4. The molecular formula is C43H52O19. The van der Waals surface area contributed by atoms with Crippen molar-refractivity contribution in [3.05, 3.63) is 108 Å². The van der Waals surface area contributed by atoms with Crippen molar-refractivity contribution < 1.29 is 93.7 Å². The smallest absolute Gasteiger partial charge is 0.216 e. The van der Waals surface area contributed by atoms with Gasteiger partial charge in [0.25, 0.3) is 0 Å². The number of hydrogen-bond acceptors (Lipinski definition) is 19. The number of ether oxygens (including phenoxy) is 9. The van der Waals surface area contributed by atoms with E-state index in [1.807, 2.05) is 0 Å². The lowest BCUT2D eigenvalue weighted by molar-refractivity contribution is -0.410. The van der Waals surface area contributed by atoms with E-state index >= 15 is 0 Å². The zero-order valence-corrected chi connectivity index (χ0v) is 33.1. The van der Waals surface area contributed by atoms with Crippen molar-refractivity contribution >= 4 is 0 Å². The van der Waals surface area contributed by atoms with Crippen molar-refractivity contribution in [3.8, 4) is 0 Å². The van der Waals surface area contributed by atoms with E-state index in [1.165, 1.54) is 0 Å². The van der Waals surface area contributed by atoms with Crippen molar-refractivity contribution in [2.24, 2.45) is 0 Å². The molecule has 3 aromatic carbocycles. The van der Waals surface area contributed by atoms with Crippen LogP contribution in [0.15, 0.2) is 91.0 Å². The highest BCUT2D eigenvalue weighted by Gasteiger charge is 2.70. The molecule has 0 radical (unpaired) electrons. The summed E-state index contributed by atoms with van der Waals surface area (Å²) in [6.07, 6.45) is -28.4. The molecule has 0 saturated carbocycles. The van der Waals surface area contributed by atoms with Crippen molar-refractivity contribution in [2.45, 2.75) is 128 Å². The van der Waals surface area contributed by atoms with Crippen LogP contribution in [0.1, 0.15) is 16.7 Å². The van der Waals surface area contributed by atoms with Gasteiger partial charge in [-0.1, -0.05) is 91.0 Å². The molecule has 0 aromatic heterocycles. The number of hydrogen-bond donors (Lipinski definition) is 10. The number of rotatable bonds is 12. The van der Waals surface area contributed by atoms with Crippen LogP contribution in [0.3, 0.4) is 0 Å². The summed E-state index contributed by atoms with van der Waals surface area (Å²) in [5, 5.41) is 111. The van der Waals surface area contributed by atoms with Crippen molar-refractivity contribution in [1.29, 1.82) is 0 Å². The maximum Gasteiger partial charge on any atom is 0.216 e. The van der Waals surface area contributed by atoms with Gasteiger partial charge in [-0.05, 0) is 16.7 Å². The average Bonchev–Trinajstić information content (AvgIpc) is 3.78. The molecule has 19 nitrogen and oxygen atoms in total. The lowest BCUT2D eigenvalue weighted by Gasteiger charge is -2.59. The summed E-state index contributed by atoms with van der Waals surface area (Å²) in [5.41, 5.74) is -0.140. The zero-order chi connectivity index (χ0) is 43.5. The predicted octanol–water partition coefficient (Wildman–Crippen LogP) is -3.25. The van der Waals surface area contributed by atoms with Crippen LogP contribution < -0.4 is 0 Å². The van der Waals surface area contributed by atoms with Gasteiger partial charge in [-0.25, -0.2) is 0 Å². The van der Waals surface area contributed by atoms with E-state index in [0.717, 1.165) is 0 Å². The monoisotopic (exact) mass is 872 g/mol. The minimum Gasteiger partial charge on any atom is -0.394 e. The van der Waals surface area contributed by atoms with Crippen LogP contribution in [-0.4, -0.2) is 200 Å². The first-order chi connectivity index (χ1) is 29.9. The van der Waals surface area contributed by atoms with E-state index in [2.05, 4.69) is 0 Å². The predicted molar refractivity (Wildman–Crippen MR) is 205 cm³/mol. The minimum absolute atomic E-state index is 0.0426. The Morgan fingerprint density at radius 3 is 1.56 bits per heavy atom. The average molecular weight is 873 g/mol. The van der Waals surface area contributed by atoms with Gasteiger partial charge in [0, 0.05) is 0 Å². The first kappa shape index (κ1) is 44.1. The molecule has 6 fully saturated rings. The Morgan fingerprint density at radius 1 is 0.516 bits per heavy atom. The second-order valence-corrected chi connectivity index (χ2v) is 16.5. The quantitative estimate of drug-likeness (QED) is 0.0800. The van der Waals surface area contributed by atoms with E-state index < -0.39 is 141 Å². The summed E-state index contributed by atoms with van der Waals surface area (Å²) < 4.78 is 54.9. The second kappa shape index (κ2) is 17.7. The van der Waals surface area contributed by atoms with Crippen molar-refractivity contribution in [2.75, 3.05) is 26.4 Å². The third-order valence-electron chi connectivity index (χ3n) is 13.0. The second-order valence-electron chi connectivity index (χ2n) is 16.5. The maximum atomic E-state index is 12.5. The molecule has 0 amide bonds. The van der Waals surface area contributed by atoms with Crippen molar-refractivity contribution in [3.63, 3.8) is 0 Å². The maximum absolute atomic E-state index is 12.5. The summed E-state index contributed by atoms with van der Waals surface area (Å²) in [5.74, 6) is -2.43. The number of aliphatic hydroxyl groups excluding tert-OH is 10. The van der Waals surface area contributed by atoms with Gasteiger partial charge in [-0.3, -0.25) is 0 Å². The standard InChI is InChI=1S/C43H52O19/c44-16-23-28(47)35(31(50)40(57-23)59-33-25-18-54-36(33)30(49)39(53)56-25)60-41-32(51)37-34(26(58-41)19-55-37)62-43(38(52)29(48)27(46)24(17-45)61-43)42(20-10-4-1-5-11-20,21-12-6-2-7-13-21)22-14-8-3-9-15-22/h1-15,23-41,44-53H,16-19H2/t23-,24-,25+,26+,27+,28-,29+,30+,31-,32+,33+,34+,35+,36+,37+,38-,39-,40+,41+,43-/m1/s1. The van der Waals surface area contributed by atoms with Crippen LogP contribution in [-0.2, 0) is 48.0 Å². The van der Waals surface area contributed by atoms with Crippen LogP contribution in [0.2, 0.25) is 0 Å². The van der Waals surface area contributed by atoms with Crippen LogP contribution in [0.4, 0.5) is 0 Å². The Hall–Kier alpha value is -3.10. The first-order valence-corrected chi connectivity index (χ1v) is 20.6. The molecule has 62 heavy (non-hydrogen) atoms. The molecule has 20 atom stereocenters. The fraction of sp³-hybridized carbons (Fsp3) is 0.581. The third-order valence-corrected chi connectivity index (χ3v) is 13.0. The molecule has 10 N–H and O–H groups in total. The molecule has 0 aliphatic carbocycles. The molecule has 6 heterocycles. The third kappa shape index (κ3) is 7.13. The highest BCUT2D eigenvalue weighted by Crippen LogP contribution is 2.56. The molecule has 0 unspecified atom stereocenters. The SMILES string of the molecule is OC[C@H]1O[C@](O[C@@H]2[C@H]3OC[C@@H]2O[C@@H](O[C@@H]2[C@@H](O)[C@H](O[C@@H]4[C@H]5OC[C@@H]4O[C@@H](O)[C@H]5O)O[C@H](CO)[C@H]2O)[C@H]3O)(C(c2ccccc2)(c2ccccc2)c2ccccc2)[C@H](O)[C@@H](O)[C@H]1O. The summed E-state index contributed by atoms with van der Waals surface area (Å²) in [7, 11) is 0. The Labute approximate surface area is 355 Å². The Morgan fingerprint density at radius 2 is 1.02 bits per heavy atom. The molecule has 338 valence electrons. The number of aliphatic hydroxyl groups is 10. The first-order valence-electron chi connectivity index (χ1n) is 20.6. The van der Waals surface area contributed by atoms with Crippen LogP contribution >= 0.6 is 0 Å². The van der Waals surface area contributed by atoms with Gasteiger partial charge in [-0.2, -0.15) is 0 Å². The molecule has 3 aromatic rings. The van der Waals surface area contributed by atoms with Gasteiger partial charge in [0.15, 0.2) is 18.9 Å². The summed E-state index contributed by atoms with van der Waals surface area (Å²) in [6.45, 7) is -1.79. The van der Waals surface area contributed by atoms with Crippen LogP contribution in [0.25, 0.3) is 0 Å². The summed E-state index contributed by atoms with van der Waals surface area (Å²) in [4.78, 5) is 0. The van der Waals surface area contributed by atoms with Crippen molar-refractivity contribution in [1.82, 2.24) is 0 Å². The molecule has 19 heteroatoms. The topological polar surface area (TPSA) is 285 Å². The Kier molecular flexibility index (Phi) is 12.6. The van der Waals surface area contributed by atoms with E-state index in [-0.39, 0.29) is 13.2 Å². The molecule has 4 bridgehead atoms. The highest BCUT2D eigenvalue weighted by atomic mass is 16.8. The Balaban J connectivity index is 1.06. The molecule has 9 rings (SSSR count). The fourth-order valence-corrected chi connectivity index (χ4v) is 9.93. The zero-order valence-electron chi connectivity index (χ0n) is 33.1. The fourth-order valence-electron chi connectivity index (χ4n) is 9.93. The van der Waals surface area contributed by atoms with E-state index in [9.17, 15) is 51.1 Å². The Bertz CT molecular complexity index is 1830. The molecular weight excluding hydrogens is 820 g/mol. The van der Waals surface area contributed by atoms with Crippen LogP contribution in [0, 0.1) is 0 Å². The van der Waals surface area contributed by atoms with Gasteiger partial charge >= 0.3 is 0 Å².